The third-order valence-electron chi connectivity index (χ3n) is 3.85. The lowest BCUT2D eigenvalue weighted by atomic mass is 10.2. The maximum absolute atomic E-state index is 12.3. The number of carbonyl (C=O) groups is 1. The molecule has 2 heterocycles. The third kappa shape index (κ3) is 4.70. The van der Waals surface area contributed by atoms with Crippen LogP contribution in [-0.4, -0.2) is 43.2 Å². The molecule has 122 valence electrons. The van der Waals surface area contributed by atoms with E-state index in [9.17, 15) is 4.79 Å². The molecule has 0 bridgehead atoms. The van der Waals surface area contributed by atoms with Crippen LogP contribution in [0.15, 0.2) is 18.5 Å². The summed E-state index contributed by atoms with van der Waals surface area (Å²) in [5, 5.41) is 2.95. The summed E-state index contributed by atoms with van der Waals surface area (Å²) in [7, 11) is 0. The summed E-state index contributed by atoms with van der Waals surface area (Å²) in [6, 6.07) is 1.93. The molecule has 1 aliphatic heterocycles. The number of carbonyl (C=O) groups excluding carboxylic acids is 1. The summed E-state index contributed by atoms with van der Waals surface area (Å²) in [6.45, 7) is 7.67. The van der Waals surface area contributed by atoms with Gasteiger partial charge in [-0.1, -0.05) is 13.8 Å². The molecule has 5 heteroatoms. The Labute approximate surface area is 133 Å². The van der Waals surface area contributed by atoms with Crippen LogP contribution < -0.4 is 10.2 Å². The molecule has 1 aliphatic rings. The molecule has 5 nitrogen and oxygen atoms in total. The summed E-state index contributed by atoms with van der Waals surface area (Å²) in [5.41, 5.74) is 1.64. The Morgan fingerprint density at radius 3 is 2.77 bits per heavy atom. The predicted octanol–water partition coefficient (Wildman–Crippen LogP) is 2.62. The first-order chi connectivity index (χ1) is 10.7. The van der Waals surface area contributed by atoms with Gasteiger partial charge < -0.3 is 15.0 Å². The molecular weight excluding hydrogens is 278 g/mol. The van der Waals surface area contributed by atoms with Gasteiger partial charge in [0.15, 0.2) is 0 Å². The van der Waals surface area contributed by atoms with Gasteiger partial charge in [0.05, 0.1) is 23.6 Å². The molecule has 0 aliphatic carbocycles. The number of nitrogens with one attached hydrogen (secondary N) is 1. The first-order valence-electron chi connectivity index (χ1n) is 8.34. The zero-order valence-electron chi connectivity index (χ0n) is 13.7. The quantitative estimate of drug-likeness (QED) is 0.802. The number of anilines is 1. The van der Waals surface area contributed by atoms with Crippen LogP contribution in [0.3, 0.4) is 0 Å². The van der Waals surface area contributed by atoms with Gasteiger partial charge in [-0.3, -0.25) is 9.78 Å². The van der Waals surface area contributed by atoms with Crippen molar-refractivity contribution in [3.05, 3.63) is 24.0 Å². The minimum absolute atomic E-state index is 0.0715. The number of rotatable bonds is 8. The van der Waals surface area contributed by atoms with E-state index in [1.165, 1.54) is 0 Å². The molecule has 0 aromatic carbocycles. The van der Waals surface area contributed by atoms with Gasteiger partial charge >= 0.3 is 0 Å². The van der Waals surface area contributed by atoms with Crippen LogP contribution in [0.4, 0.5) is 5.69 Å². The second-order valence-electron chi connectivity index (χ2n) is 5.76. The van der Waals surface area contributed by atoms with Crippen LogP contribution in [0, 0.1) is 0 Å². The number of ether oxygens (including phenoxy) is 1. The smallest absolute Gasteiger partial charge is 0.253 e. The van der Waals surface area contributed by atoms with Gasteiger partial charge in [-0.15, -0.1) is 0 Å². The summed E-state index contributed by atoms with van der Waals surface area (Å²) >= 11 is 0. The van der Waals surface area contributed by atoms with Crippen molar-refractivity contribution < 1.29 is 9.53 Å². The van der Waals surface area contributed by atoms with E-state index in [0.717, 1.165) is 51.1 Å². The van der Waals surface area contributed by atoms with Crippen LogP contribution in [-0.2, 0) is 4.74 Å². The number of hydrogen-bond donors (Lipinski definition) is 1. The number of amides is 1. The van der Waals surface area contributed by atoms with E-state index in [1.807, 2.05) is 12.3 Å². The molecule has 1 aromatic heterocycles. The van der Waals surface area contributed by atoms with Crippen molar-refractivity contribution in [2.45, 2.75) is 45.6 Å². The van der Waals surface area contributed by atoms with Gasteiger partial charge in [-0.25, -0.2) is 0 Å². The fourth-order valence-electron chi connectivity index (χ4n) is 2.75. The summed E-state index contributed by atoms with van der Waals surface area (Å²) in [4.78, 5) is 18.8. The fourth-order valence-corrected chi connectivity index (χ4v) is 2.75. The zero-order chi connectivity index (χ0) is 15.8. The normalized spacial score (nSPS) is 17.5. The molecule has 1 unspecified atom stereocenters. The lowest BCUT2D eigenvalue weighted by Gasteiger charge is -2.23. The molecule has 2 rings (SSSR count). The summed E-state index contributed by atoms with van der Waals surface area (Å²) in [5.74, 6) is -0.0715. The highest BCUT2D eigenvalue weighted by Crippen LogP contribution is 2.16. The summed E-state index contributed by atoms with van der Waals surface area (Å²) < 4.78 is 5.53. The second kappa shape index (κ2) is 8.73. The van der Waals surface area contributed by atoms with E-state index >= 15 is 0 Å². The van der Waals surface area contributed by atoms with Gasteiger partial charge in [0.2, 0.25) is 0 Å². The predicted molar refractivity (Wildman–Crippen MR) is 88.3 cm³/mol. The topological polar surface area (TPSA) is 54.5 Å². The van der Waals surface area contributed by atoms with Gasteiger partial charge in [0, 0.05) is 32.4 Å². The molecule has 0 saturated carbocycles. The van der Waals surface area contributed by atoms with Gasteiger partial charge in [-0.05, 0) is 31.7 Å². The minimum Gasteiger partial charge on any atom is -0.376 e. The molecule has 1 N–H and O–H groups in total. The fraction of sp³-hybridized carbons (Fsp3) is 0.647. The van der Waals surface area contributed by atoms with Crippen LogP contribution in [0.5, 0.6) is 0 Å². The number of aromatic nitrogens is 1. The third-order valence-corrected chi connectivity index (χ3v) is 3.85. The molecule has 0 radical (unpaired) electrons. The second-order valence-corrected chi connectivity index (χ2v) is 5.76. The van der Waals surface area contributed by atoms with Crippen LogP contribution in [0.1, 0.15) is 49.9 Å². The summed E-state index contributed by atoms with van der Waals surface area (Å²) in [6.07, 6.45) is 7.90. The van der Waals surface area contributed by atoms with E-state index < -0.39 is 0 Å². The zero-order valence-corrected chi connectivity index (χ0v) is 13.7. The van der Waals surface area contributed by atoms with E-state index in [-0.39, 0.29) is 12.0 Å². The highest BCUT2D eigenvalue weighted by Gasteiger charge is 2.17. The lowest BCUT2D eigenvalue weighted by molar-refractivity contribution is 0.0857. The standard InChI is InChI=1S/C17H27N3O2/c1-3-7-20(8-4-2)15-10-14(11-18-12-15)17(21)19-13-16-6-5-9-22-16/h10-12,16H,3-9,13H2,1-2H3,(H,19,21). The van der Waals surface area contributed by atoms with Crippen molar-refractivity contribution in [3.8, 4) is 0 Å². The maximum atomic E-state index is 12.3. The molecular formula is C17H27N3O2. The molecule has 0 spiro atoms. The largest absolute Gasteiger partial charge is 0.376 e. The highest BCUT2D eigenvalue weighted by molar-refractivity contribution is 5.94. The lowest BCUT2D eigenvalue weighted by Crippen LogP contribution is -2.32. The monoisotopic (exact) mass is 305 g/mol. The van der Waals surface area contributed by atoms with Gasteiger partial charge in [0.25, 0.3) is 5.91 Å². The van der Waals surface area contributed by atoms with Crippen LogP contribution in [0.25, 0.3) is 0 Å². The van der Waals surface area contributed by atoms with Crippen molar-refractivity contribution >= 4 is 11.6 Å². The number of hydrogen-bond acceptors (Lipinski definition) is 4. The SMILES string of the molecule is CCCN(CCC)c1cncc(C(=O)NCC2CCCO2)c1. The van der Waals surface area contributed by atoms with Gasteiger partial charge in [0.1, 0.15) is 0 Å². The average Bonchev–Trinajstić information content (AvgIpc) is 3.06. The van der Waals surface area contributed by atoms with Crippen molar-refractivity contribution in [3.63, 3.8) is 0 Å². The molecule has 1 atom stereocenters. The molecule has 1 amide bonds. The Balaban J connectivity index is 1.97. The first kappa shape index (κ1) is 16.7. The van der Waals surface area contributed by atoms with E-state index in [4.69, 9.17) is 4.74 Å². The van der Waals surface area contributed by atoms with Crippen molar-refractivity contribution in [2.75, 3.05) is 31.1 Å². The number of nitrogens with zero attached hydrogens (tertiary/aromatic N) is 2. The maximum Gasteiger partial charge on any atom is 0.253 e. The minimum atomic E-state index is -0.0715. The van der Waals surface area contributed by atoms with Crippen molar-refractivity contribution in [1.29, 1.82) is 0 Å². The van der Waals surface area contributed by atoms with Crippen LogP contribution >= 0.6 is 0 Å². The Hall–Kier alpha value is -1.62. The highest BCUT2D eigenvalue weighted by atomic mass is 16.5. The number of pyridine rings is 1. The molecule has 1 saturated heterocycles. The van der Waals surface area contributed by atoms with E-state index in [1.54, 1.807) is 6.20 Å². The van der Waals surface area contributed by atoms with E-state index in [0.29, 0.717) is 12.1 Å². The Morgan fingerprint density at radius 2 is 2.14 bits per heavy atom. The van der Waals surface area contributed by atoms with Gasteiger partial charge in [-0.2, -0.15) is 0 Å². The Morgan fingerprint density at radius 1 is 1.36 bits per heavy atom. The molecule has 1 aromatic rings. The molecule has 22 heavy (non-hydrogen) atoms. The van der Waals surface area contributed by atoms with Crippen LogP contribution in [0.2, 0.25) is 0 Å². The Kier molecular flexibility index (Phi) is 6.65. The first-order valence-corrected chi connectivity index (χ1v) is 8.34. The average molecular weight is 305 g/mol. The molecule has 1 fully saturated rings. The van der Waals surface area contributed by atoms with E-state index in [2.05, 4.69) is 29.0 Å². The Bertz CT molecular complexity index is 467. The van der Waals surface area contributed by atoms with Crippen molar-refractivity contribution in [2.24, 2.45) is 0 Å². The van der Waals surface area contributed by atoms with Crippen molar-refractivity contribution in [1.82, 2.24) is 10.3 Å².